The lowest BCUT2D eigenvalue weighted by atomic mass is 9.69. The highest BCUT2D eigenvalue weighted by atomic mass is 19.1. The molecule has 0 bridgehead atoms. The molecule has 3 amide bonds. The van der Waals surface area contributed by atoms with Crippen LogP contribution in [-0.2, 0) is 23.1 Å². The lowest BCUT2D eigenvalue weighted by Gasteiger charge is -2.35. The number of nitrogens with zero attached hydrogens (tertiary/aromatic N) is 4. The van der Waals surface area contributed by atoms with Crippen molar-refractivity contribution in [1.29, 1.82) is 5.26 Å². The molecule has 0 radical (unpaired) electrons. The molecule has 2 fully saturated rings. The van der Waals surface area contributed by atoms with E-state index in [-0.39, 0.29) is 37.3 Å². The standard InChI is InChI=1S/C35H33FN8O4/c36-24-5-7-25(8-6-24)44-34(48)41-33(42-44)35(11-12-40-18-30(45)43-26(17-37)15-23-16-29(23)43)27-9-3-21(31(38)46)13-19(27)1-2-20-14-22(32(39)47)4-10-28(20)35/h3-10,13-14,23,26,29,40H,1-2,11-12,15-16,18H2,(H2,38,46)(H2,39,47)(H,41,42,48)/t23-,26?,29+/m1/s1. The third kappa shape index (κ3) is 5.24. The maximum atomic E-state index is 13.8. The summed E-state index contributed by atoms with van der Waals surface area (Å²) in [7, 11) is 0. The van der Waals surface area contributed by atoms with Gasteiger partial charge in [-0.05, 0) is 115 Å². The van der Waals surface area contributed by atoms with Crippen molar-refractivity contribution in [2.75, 3.05) is 13.1 Å². The highest BCUT2D eigenvalue weighted by molar-refractivity contribution is 5.94. The zero-order valence-corrected chi connectivity index (χ0v) is 25.9. The highest BCUT2D eigenvalue weighted by Gasteiger charge is 2.54. The van der Waals surface area contributed by atoms with E-state index in [2.05, 4.69) is 16.4 Å². The van der Waals surface area contributed by atoms with Crippen LogP contribution >= 0.6 is 0 Å². The first-order valence-electron chi connectivity index (χ1n) is 15.8. The van der Waals surface area contributed by atoms with Gasteiger partial charge in [0.15, 0.2) is 0 Å². The summed E-state index contributed by atoms with van der Waals surface area (Å²) < 4.78 is 14.9. The van der Waals surface area contributed by atoms with Crippen molar-refractivity contribution in [1.82, 2.24) is 25.0 Å². The van der Waals surface area contributed by atoms with E-state index in [1.807, 2.05) is 12.1 Å². The normalized spacial score (nSPS) is 20.2. The number of aromatic nitrogens is 3. The Morgan fingerprint density at radius 3 is 2.19 bits per heavy atom. The van der Waals surface area contributed by atoms with Crippen molar-refractivity contribution >= 4 is 17.7 Å². The minimum Gasteiger partial charge on any atom is -0.366 e. The molecular formula is C35H33FN8O4. The number of amides is 3. The fourth-order valence-electron chi connectivity index (χ4n) is 7.56. The van der Waals surface area contributed by atoms with E-state index in [0.717, 1.165) is 33.4 Å². The quantitative estimate of drug-likeness (QED) is 0.199. The number of likely N-dealkylation sites (tertiary alicyclic amines) is 1. The van der Waals surface area contributed by atoms with Gasteiger partial charge in [-0.2, -0.15) is 9.94 Å². The molecule has 7 rings (SSSR count). The fourth-order valence-corrected chi connectivity index (χ4v) is 7.56. The van der Waals surface area contributed by atoms with Gasteiger partial charge in [0.05, 0.1) is 23.7 Å². The summed E-state index contributed by atoms with van der Waals surface area (Å²) in [5, 5.41) is 17.6. The maximum absolute atomic E-state index is 13.8. The molecule has 0 spiro atoms. The Morgan fingerprint density at radius 1 is 0.979 bits per heavy atom. The molecular weight excluding hydrogens is 615 g/mol. The molecule has 1 saturated carbocycles. The number of carbonyl (C=O) groups is 3. The van der Waals surface area contributed by atoms with Crippen LogP contribution in [0.1, 0.15) is 68.1 Å². The van der Waals surface area contributed by atoms with Gasteiger partial charge in [-0.1, -0.05) is 12.1 Å². The molecule has 13 heteroatoms. The minimum atomic E-state index is -1.15. The molecule has 1 saturated heterocycles. The Hall–Kier alpha value is -5.61. The van der Waals surface area contributed by atoms with Gasteiger partial charge in [-0.3, -0.25) is 19.4 Å². The number of H-pyrrole nitrogens is 1. The summed E-state index contributed by atoms with van der Waals surface area (Å²) >= 11 is 0. The van der Waals surface area contributed by atoms with Crippen LogP contribution in [0, 0.1) is 23.1 Å². The first kappa shape index (κ1) is 31.0. The number of fused-ring (bicyclic) bond motifs is 3. The summed E-state index contributed by atoms with van der Waals surface area (Å²) in [6, 6.07) is 17.7. The summed E-state index contributed by atoms with van der Waals surface area (Å²) in [5.41, 5.74) is 13.7. The SMILES string of the molecule is N#CC1C[C@@H]2C[C@@H]2N1C(=O)CNCCC1(c2nn(-c3ccc(F)cc3)c(=O)[nH]2)c2ccc(C(N)=O)cc2CCc2cc(C(N)=O)ccc21. The van der Waals surface area contributed by atoms with Crippen molar-refractivity contribution in [3.63, 3.8) is 0 Å². The molecule has 12 nitrogen and oxygen atoms in total. The number of hydrogen-bond acceptors (Lipinski definition) is 7. The minimum absolute atomic E-state index is 0.0129. The summed E-state index contributed by atoms with van der Waals surface area (Å²) in [6.45, 7) is 0.295. The van der Waals surface area contributed by atoms with Crippen LogP contribution in [0.25, 0.3) is 5.69 Å². The number of nitrogens with one attached hydrogen (secondary N) is 2. The van der Waals surface area contributed by atoms with Crippen LogP contribution in [0.5, 0.6) is 0 Å². The number of piperidine rings is 1. The van der Waals surface area contributed by atoms with Gasteiger partial charge >= 0.3 is 5.69 Å². The van der Waals surface area contributed by atoms with Gasteiger partial charge in [0, 0.05) is 17.2 Å². The number of primary amides is 2. The average Bonchev–Trinajstić information content (AvgIpc) is 3.61. The average molecular weight is 649 g/mol. The molecule has 4 aromatic rings. The van der Waals surface area contributed by atoms with Gasteiger partial charge < -0.3 is 21.7 Å². The van der Waals surface area contributed by atoms with E-state index in [0.29, 0.717) is 42.0 Å². The Kier molecular flexibility index (Phi) is 7.68. The first-order chi connectivity index (χ1) is 23.1. The highest BCUT2D eigenvalue weighted by Crippen LogP contribution is 2.48. The topological polar surface area (TPSA) is 193 Å². The predicted molar refractivity (Wildman–Crippen MR) is 172 cm³/mol. The van der Waals surface area contributed by atoms with Gasteiger partial charge in [-0.15, -0.1) is 5.10 Å². The van der Waals surface area contributed by atoms with Gasteiger partial charge in [-0.25, -0.2) is 9.18 Å². The van der Waals surface area contributed by atoms with E-state index >= 15 is 0 Å². The second-order valence-corrected chi connectivity index (χ2v) is 12.7. The van der Waals surface area contributed by atoms with Crippen LogP contribution < -0.4 is 22.5 Å². The lowest BCUT2D eigenvalue weighted by Crippen LogP contribution is -2.44. The second kappa shape index (κ2) is 11.9. The maximum Gasteiger partial charge on any atom is 0.348 e. The molecule has 48 heavy (non-hydrogen) atoms. The molecule has 1 aromatic heterocycles. The Labute approximate surface area is 274 Å². The van der Waals surface area contributed by atoms with Crippen molar-refractivity contribution in [3.8, 4) is 11.8 Å². The summed E-state index contributed by atoms with van der Waals surface area (Å²) in [5.74, 6) is -1.12. The van der Waals surface area contributed by atoms with Crippen molar-refractivity contribution in [2.24, 2.45) is 17.4 Å². The Balaban J connectivity index is 1.34. The van der Waals surface area contributed by atoms with Gasteiger partial charge in [0.1, 0.15) is 17.7 Å². The molecule has 3 aromatic carbocycles. The molecule has 2 aliphatic carbocycles. The van der Waals surface area contributed by atoms with Gasteiger partial charge in [0.2, 0.25) is 17.7 Å². The number of halogens is 1. The zero-order chi connectivity index (χ0) is 33.7. The van der Waals surface area contributed by atoms with Gasteiger partial charge in [0.25, 0.3) is 0 Å². The summed E-state index contributed by atoms with van der Waals surface area (Å²) in [6.07, 6.45) is 2.88. The third-order valence-electron chi connectivity index (χ3n) is 9.95. The van der Waals surface area contributed by atoms with Crippen LogP contribution in [0.15, 0.2) is 65.5 Å². The molecule has 244 valence electrons. The number of hydrogen-bond donors (Lipinski definition) is 4. The van der Waals surface area contributed by atoms with Crippen molar-refractivity contribution in [2.45, 2.75) is 49.6 Å². The molecule has 3 aliphatic rings. The van der Waals surface area contributed by atoms with Crippen LogP contribution in [0.3, 0.4) is 0 Å². The Morgan fingerprint density at radius 2 is 1.60 bits per heavy atom. The summed E-state index contributed by atoms with van der Waals surface area (Å²) in [4.78, 5) is 55.9. The number of benzene rings is 3. The zero-order valence-electron chi connectivity index (χ0n) is 25.9. The number of carbonyl (C=O) groups excluding carboxylic acids is 3. The molecule has 6 N–H and O–H groups in total. The Bertz CT molecular complexity index is 2000. The van der Waals surface area contributed by atoms with Crippen LogP contribution in [-0.4, -0.2) is 62.6 Å². The number of rotatable bonds is 9. The van der Waals surface area contributed by atoms with E-state index < -0.39 is 34.8 Å². The molecule has 2 heterocycles. The smallest absolute Gasteiger partial charge is 0.348 e. The van der Waals surface area contributed by atoms with E-state index in [1.165, 1.54) is 24.3 Å². The van der Waals surface area contributed by atoms with Crippen LogP contribution in [0.4, 0.5) is 4.39 Å². The molecule has 1 unspecified atom stereocenters. The molecule has 1 aliphatic heterocycles. The predicted octanol–water partition coefficient (Wildman–Crippen LogP) is 1.82. The first-order valence-corrected chi connectivity index (χ1v) is 15.8. The second-order valence-electron chi connectivity index (χ2n) is 12.7. The lowest BCUT2D eigenvalue weighted by molar-refractivity contribution is -0.131. The number of nitriles is 1. The largest absolute Gasteiger partial charge is 0.366 e. The van der Waals surface area contributed by atoms with Crippen molar-refractivity contribution in [3.05, 3.63) is 116 Å². The molecule has 3 atom stereocenters. The van der Waals surface area contributed by atoms with Crippen LogP contribution in [0.2, 0.25) is 0 Å². The number of nitrogens with two attached hydrogens (primary N) is 2. The van der Waals surface area contributed by atoms with E-state index in [9.17, 15) is 28.8 Å². The van der Waals surface area contributed by atoms with E-state index in [1.54, 1.807) is 29.2 Å². The monoisotopic (exact) mass is 648 g/mol. The fraction of sp³-hybridized carbons (Fsp3) is 0.314. The van der Waals surface area contributed by atoms with Crippen molar-refractivity contribution < 1.29 is 18.8 Å². The number of aromatic amines is 1. The van der Waals surface area contributed by atoms with E-state index in [4.69, 9.17) is 16.6 Å². The third-order valence-corrected chi connectivity index (χ3v) is 9.95. The number of aryl methyl sites for hydroxylation is 2.